The van der Waals surface area contributed by atoms with Gasteiger partial charge in [-0.15, -0.1) is 0 Å². The normalized spacial score (nSPS) is 13.8. The van der Waals surface area contributed by atoms with Crippen LogP contribution in [0.4, 0.5) is 0 Å². The predicted molar refractivity (Wildman–Crippen MR) is 153 cm³/mol. The molecule has 5 heteroatoms. The first-order chi connectivity index (χ1) is 16.7. The van der Waals surface area contributed by atoms with Gasteiger partial charge >= 0.3 is 0 Å². The van der Waals surface area contributed by atoms with Gasteiger partial charge in [0.15, 0.2) is 0 Å². The van der Waals surface area contributed by atoms with E-state index in [1.807, 2.05) is 0 Å². The molecule has 0 aromatic heterocycles. The molecule has 0 spiro atoms. The minimum absolute atomic E-state index is 0.190. The maximum atomic E-state index is 13.9. The molecular formula is C31H48NO3P. The topological polar surface area (TPSA) is 55.4 Å². The van der Waals surface area contributed by atoms with Crippen molar-refractivity contribution in [1.29, 1.82) is 0 Å². The zero-order chi connectivity index (χ0) is 27.4. The molecule has 2 aromatic carbocycles. The van der Waals surface area contributed by atoms with Crippen LogP contribution in [0.1, 0.15) is 138 Å². The monoisotopic (exact) mass is 513 g/mol. The second-order valence-corrected chi connectivity index (χ2v) is 13.8. The molecule has 2 rings (SSSR count). The van der Waals surface area contributed by atoms with Crippen LogP contribution in [0.15, 0.2) is 30.3 Å². The summed E-state index contributed by atoms with van der Waals surface area (Å²) >= 11 is 0. The highest BCUT2D eigenvalue weighted by Crippen LogP contribution is 2.48. The number of rotatable bonds is 11. The molecule has 1 N–H and O–H groups in total. The molecule has 0 radical (unpaired) electrons. The number of nitrogens with one attached hydrogen (secondary N) is 1. The van der Waals surface area contributed by atoms with E-state index in [0.717, 1.165) is 22.3 Å². The Morgan fingerprint density at radius 2 is 1.19 bits per heavy atom. The van der Waals surface area contributed by atoms with Gasteiger partial charge in [0, 0.05) is 7.11 Å². The minimum Gasteiger partial charge on any atom is -0.317 e. The minimum atomic E-state index is -3.45. The zero-order valence-corrected chi connectivity index (χ0v) is 25.3. The van der Waals surface area contributed by atoms with Crippen molar-refractivity contribution in [3.8, 4) is 0 Å². The van der Waals surface area contributed by atoms with Gasteiger partial charge in [0.25, 0.3) is 7.52 Å². The Morgan fingerprint density at radius 3 is 1.56 bits per heavy atom. The maximum Gasteiger partial charge on any atom is 0.300 e. The molecule has 36 heavy (non-hydrogen) atoms. The van der Waals surface area contributed by atoms with Crippen LogP contribution in [0.2, 0.25) is 0 Å². The maximum absolute atomic E-state index is 13.9. The lowest BCUT2D eigenvalue weighted by molar-refractivity contribution is -0.118. The van der Waals surface area contributed by atoms with Gasteiger partial charge in [-0.3, -0.25) is 14.4 Å². The second-order valence-electron chi connectivity index (χ2n) is 11.6. The molecule has 0 saturated carbocycles. The van der Waals surface area contributed by atoms with Gasteiger partial charge in [0.1, 0.15) is 0 Å². The Kier molecular flexibility index (Phi) is 10.6. The van der Waals surface area contributed by atoms with Crippen molar-refractivity contribution in [2.75, 3.05) is 7.11 Å². The largest absolute Gasteiger partial charge is 0.317 e. The zero-order valence-electron chi connectivity index (χ0n) is 24.4. The van der Waals surface area contributed by atoms with Gasteiger partial charge in [0.05, 0.1) is 12.6 Å². The van der Waals surface area contributed by atoms with Crippen LogP contribution in [0.3, 0.4) is 0 Å². The highest BCUT2D eigenvalue weighted by Gasteiger charge is 2.29. The summed E-state index contributed by atoms with van der Waals surface area (Å²) in [5.74, 6) is 1.28. The fraction of sp³-hybridized carbons (Fsp3) is 0.581. The van der Waals surface area contributed by atoms with E-state index >= 15 is 0 Å². The molecule has 1 atom stereocenters. The lowest BCUT2D eigenvalue weighted by Gasteiger charge is -2.25. The molecule has 0 saturated heterocycles. The fourth-order valence-electron chi connectivity index (χ4n) is 4.95. The quantitative estimate of drug-likeness (QED) is 0.305. The van der Waals surface area contributed by atoms with Gasteiger partial charge in [-0.05, 0) is 68.5 Å². The van der Waals surface area contributed by atoms with E-state index in [1.54, 1.807) is 0 Å². The molecule has 0 heterocycles. The third-order valence-electron chi connectivity index (χ3n) is 7.04. The van der Waals surface area contributed by atoms with Gasteiger partial charge in [0.2, 0.25) is 5.91 Å². The average Bonchev–Trinajstić information content (AvgIpc) is 2.78. The Morgan fingerprint density at radius 1 is 0.750 bits per heavy atom. The summed E-state index contributed by atoms with van der Waals surface area (Å²) in [4.78, 5) is 13.4. The van der Waals surface area contributed by atoms with Crippen molar-refractivity contribution in [3.63, 3.8) is 0 Å². The highest BCUT2D eigenvalue weighted by molar-refractivity contribution is 7.56. The van der Waals surface area contributed by atoms with Crippen LogP contribution in [0.5, 0.6) is 0 Å². The van der Waals surface area contributed by atoms with Gasteiger partial charge in [-0.1, -0.05) is 99.6 Å². The highest BCUT2D eigenvalue weighted by atomic mass is 31.2. The lowest BCUT2D eigenvalue weighted by Crippen LogP contribution is -2.26. The molecular weight excluding hydrogens is 465 g/mol. The van der Waals surface area contributed by atoms with Crippen molar-refractivity contribution in [2.24, 2.45) is 0 Å². The number of amides is 1. The van der Waals surface area contributed by atoms with E-state index in [4.69, 9.17) is 4.52 Å². The molecule has 0 bridgehead atoms. The van der Waals surface area contributed by atoms with Crippen molar-refractivity contribution in [2.45, 2.75) is 111 Å². The standard InChI is InChI=1S/C31H48NO3P/c1-19(2)24-15-27(22(7)8)29(28(16-24)23(9)10)17-31(33)32-36(34,35-11)18-30-25(20(3)4)13-12-14-26(30)21(5)6/h12-16,19-23H,17-18H2,1-11H3,(H,32,33,34). The summed E-state index contributed by atoms with van der Waals surface area (Å²) in [6.45, 7) is 21.6. The Balaban J connectivity index is 2.45. The Hall–Kier alpha value is -1.90. The molecule has 1 amide bonds. The SMILES string of the molecule is COP(=O)(Cc1c(C(C)C)cccc1C(C)C)NC(=O)Cc1c(C(C)C)cc(C(C)C)cc1C(C)C. The third-order valence-corrected chi connectivity index (χ3v) is 8.95. The second kappa shape index (κ2) is 12.6. The third kappa shape index (κ3) is 7.33. The molecule has 1 unspecified atom stereocenters. The summed E-state index contributed by atoms with van der Waals surface area (Å²) in [6, 6.07) is 10.7. The first kappa shape index (κ1) is 30.3. The van der Waals surface area contributed by atoms with Crippen LogP contribution in [0.25, 0.3) is 0 Å². The number of carbonyl (C=O) groups is 1. The van der Waals surface area contributed by atoms with E-state index in [2.05, 4.69) is 105 Å². The van der Waals surface area contributed by atoms with Gasteiger partial charge < -0.3 is 4.52 Å². The number of benzene rings is 2. The summed E-state index contributed by atoms with van der Waals surface area (Å²) in [5, 5.41) is 2.84. The van der Waals surface area contributed by atoms with Crippen molar-refractivity contribution in [1.82, 2.24) is 5.09 Å². The Bertz CT molecular complexity index is 1040. The van der Waals surface area contributed by atoms with Crippen LogP contribution >= 0.6 is 7.52 Å². The summed E-state index contributed by atoms with van der Waals surface area (Å²) in [7, 11) is -2.02. The molecule has 0 aliphatic carbocycles. The van der Waals surface area contributed by atoms with E-state index in [1.165, 1.54) is 23.8 Å². The number of hydrogen-bond donors (Lipinski definition) is 1. The fourth-order valence-corrected chi connectivity index (χ4v) is 6.49. The molecule has 0 fully saturated rings. The summed E-state index contributed by atoms with van der Waals surface area (Å²) in [5.41, 5.74) is 8.07. The van der Waals surface area contributed by atoms with Crippen molar-refractivity contribution >= 4 is 13.4 Å². The molecule has 0 aliphatic heterocycles. The van der Waals surface area contributed by atoms with E-state index < -0.39 is 7.52 Å². The summed E-state index contributed by atoms with van der Waals surface area (Å²) < 4.78 is 19.5. The Labute approximate surface area is 220 Å². The molecule has 4 nitrogen and oxygen atoms in total. The molecule has 0 aliphatic rings. The van der Waals surface area contributed by atoms with E-state index in [9.17, 15) is 9.36 Å². The molecule has 2 aromatic rings. The van der Waals surface area contributed by atoms with Crippen LogP contribution in [-0.4, -0.2) is 13.0 Å². The predicted octanol–water partition coefficient (Wildman–Crippen LogP) is 9.00. The average molecular weight is 514 g/mol. The smallest absolute Gasteiger partial charge is 0.300 e. The summed E-state index contributed by atoms with van der Waals surface area (Å²) in [6.07, 6.45) is 0.382. The van der Waals surface area contributed by atoms with Crippen LogP contribution < -0.4 is 5.09 Å². The molecule has 200 valence electrons. The van der Waals surface area contributed by atoms with Gasteiger partial charge in [-0.25, -0.2) is 0 Å². The van der Waals surface area contributed by atoms with Gasteiger partial charge in [-0.2, -0.15) is 0 Å². The first-order valence-corrected chi connectivity index (χ1v) is 15.3. The van der Waals surface area contributed by atoms with Crippen LogP contribution in [0, 0.1) is 0 Å². The first-order valence-electron chi connectivity index (χ1n) is 13.4. The lowest BCUT2D eigenvalue weighted by atomic mass is 9.83. The van der Waals surface area contributed by atoms with Crippen molar-refractivity contribution in [3.05, 3.63) is 69.3 Å². The van der Waals surface area contributed by atoms with E-state index in [-0.39, 0.29) is 42.2 Å². The number of carbonyl (C=O) groups excluding carboxylic acids is 1. The van der Waals surface area contributed by atoms with Crippen molar-refractivity contribution < 1.29 is 13.9 Å². The number of hydrogen-bond acceptors (Lipinski definition) is 3. The van der Waals surface area contributed by atoms with E-state index in [0.29, 0.717) is 5.92 Å². The van der Waals surface area contributed by atoms with Crippen LogP contribution in [-0.2, 0) is 26.5 Å².